The van der Waals surface area contributed by atoms with Gasteiger partial charge in [-0.25, -0.2) is 4.99 Å². The van der Waals surface area contributed by atoms with Crippen LogP contribution in [0, 0.1) is 6.92 Å². The van der Waals surface area contributed by atoms with Gasteiger partial charge in [-0.3, -0.25) is 4.57 Å². The zero-order valence-corrected chi connectivity index (χ0v) is 13.2. The molecule has 0 unspecified atom stereocenters. The zero-order valence-electron chi connectivity index (χ0n) is 12.4. The molecule has 0 aliphatic heterocycles. The van der Waals surface area contributed by atoms with Gasteiger partial charge in [-0.05, 0) is 31.2 Å². The smallest absolute Gasteiger partial charge is 0.195 e. The molecule has 0 fully saturated rings. The molecular weight excluding hydrogens is 296 g/mol. The average Bonchev–Trinajstić information content (AvgIpc) is 2.90. The molecule has 1 aromatic heterocycles. The van der Waals surface area contributed by atoms with Crippen LogP contribution in [0.15, 0.2) is 58.9 Å². The standard InChI is InChI=1S/C17H16N2O2S/c1-12-11-22-17(18-13-7-3-5-9-15(13)20)19(12)14-8-4-6-10-16(14)21-2/h3-11,20H,1-2H3. The third-order valence-electron chi connectivity index (χ3n) is 3.30. The lowest BCUT2D eigenvalue weighted by atomic mass is 10.3. The van der Waals surface area contributed by atoms with E-state index in [9.17, 15) is 5.11 Å². The van der Waals surface area contributed by atoms with E-state index in [1.807, 2.05) is 47.2 Å². The van der Waals surface area contributed by atoms with Crippen LogP contribution < -0.4 is 9.54 Å². The van der Waals surface area contributed by atoms with Gasteiger partial charge in [0.15, 0.2) is 4.80 Å². The highest BCUT2D eigenvalue weighted by atomic mass is 32.1. The Morgan fingerprint density at radius 1 is 1.09 bits per heavy atom. The SMILES string of the molecule is COc1ccccc1-n1c(C)csc1=Nc1ccccc1O. The highest BCUT2D eigenvalue weighted by Gasteiger charge is 2.09. The maximum atomic E-state index is 9.92. The van der Waals surface area contributed by atoms with Gasteiger partial charge in [0.1, 0.15) is 17.2 Å². The van der Waals surface area contributed by atoms with E-state index >= 15 is 0 Å². The van der Waals surface area contributed by atoms with E-state index in [1.165, 1.54) is 11.3 Å². The minimum atomic E-state index is 0.167. The Balaban J connectivity index is 2.23. The number of phenols is 1. The number of phenolic OH excluding ortho intramolecular Hbond substituents is 1. The summed E-state index contributed by atoms with van der Waals surface area (Å²) in [6.07, 6.45) is 0. The van der Waals surface area contributed by atoms with Crippen LogP contribution in [-0.2, 0) is 0 Å². The predicted molar refractivity (Wildman–Crippen MR) is 88.3 cm³/mol. The summed E-state index contributed by atoms with van der Waals surface area (Å²) in [6.45, 7) is 2.02. The molecule has 5 heteroatoms. The molecule has 22 heavy (non-hydrogen) atoms. The number of aromatic nitrogens is 1. The summed E-state index contributed by atoms with van der Waals surface area (Å²) in [4.78, 5) is 5.37. The van der Waals surface area contributed by atoms with Crippen LogP contribution in [0.2, 0.25) is 0 Å². The number of rotatable bonds is 3. The molecule has 0 saturated carbocycles. The van der Waals surface area contributed by atoms with Crippen molar-refractivity contribution in [1.29, 1.82) is 0 Å². The summed E-state index contributed by atoms with van der Waals surface area (Å²) in [5, 5.41) is 12.0. The van der Waals surface area contributed by atoms with Gasteiger partial charge in [0.2, 0.25) is 0 Å². The van der Waals surface area contributed by atoms with E-state index in [2.05, 4.69) is 4.99 Å². The first kappa shape index (κ1) is 14.4. The van der Waals surface area contributed by atoms with Crippen molar-refractivity contribution in [3.05, 3.63) is 64.4 Å². The molecule has 0 bridgehead atoms. The molecule has 0 saturated heterocycles. The first-order valence-electron chi connectivity index (χ1n) is 6.84. The molecule has 3 aromatic rings. The van der Waals surface area contributed by atoms with E-state index in [0.29, 0.717) is 5.69 Å². The third-order valence-corrected chi connectivity index (χ3v) is 4.25. The van der Waals surface area contributed by atoms with Crippen LogP contribution in [0.3, 0.4) is 0 Å². The number of nitrogens with zero attached hydrogens (tertiary/aromatic N) is 2. The van der Waals surface area contributed by atoms with E-state index in [4.69, 9.17) is 4.74 Å². The van der Waals surface area contributed by atoms with E-state index in [1.54, 1.807) is 25.3 Å². The van der Waals surface area contributed by atoms with E-state index in [0.717, 1.165) is 21.9 Å². The van der Waals surface area contributed by atoms with E-state index < -0.39 is 0 Å². The largest absolute Gasteiger partial charge is 0.506 e. The summed E-state index contributed by atoms with van der Waals surface area (Å²) in [6, 6.07) is 14.9. The van der Waals surface area contributed by atoms with Crippen molar-refractivity contribution >= 4 is 17.0 Å². The molecule has 0 amide bonds. The first-order valence-corrected chi connectivity index (χ1v) is 7.72. The Morgan fingerprint density at radius 3 is 2.59 bits per heavy atom. The van der Waals surface area contributed by atoms with Crippen molar-refractivity contribution in [2.75, 3.05) is 7.11 Å². The normalized spacial score (nSPS) is 11.6. The lowest BCUT2D eigenvalue weighted by molar-refractivity contribution is 0.412. The van der Waals surface area contributed by atoms with Crippen molar-refractivity contribution in [2.45, 2.75) is 6.92 Å². The van der Waals surface area contributed by atoms with Gasteiger partial charge in [-0.1, -0.05) is 24.3 Å². The molecule has 1 N–H and O–H groups in total. The second-order valence-corrected chi connectivity index (χ2v) is 5.60. The first-order chi connectivity index (χ1) is 10.7. The Labute approximate surface area is 132 Å². The average molecular weight is 312 g/mol. The van der Waals surface area contributed by atoms with Crippen LogP contribution in [0.25, 0.3) is 5.69 Å². The van der Waals surface area contributed by atoms with Crippen LogP contribution in [0.1, 0.15) is 5.69 Å². The Morgan fingerprint density at radius 2 is 1.82 bits per heavy atom. The molecule has 112 valence electrons. The second kappa shape index (κ2) is 6.07. The summed E-state index contributed by atoms with van der Waals surface area (Å²) in [5.41, 5.74) is 2.54. The Kier molecular flexibility index (Phi) is 3.98. The molecule has 3 rings (SSSR count). The topological polar surface area (TPSA) is 46.8 Å². The molecular formula is C17H16N2O2S. The lowest BCUT2D eigenvalue weighted by Crippen LogP contribution is -2.14. The van der Waals surface area contributed by atoms with Crippen molar-refractivity contribution in [3.63, 3.8) is 0 Å². The third kappa shape index (κ3) is 2.63. The Bertz CT molecular complexity index is 865. The number of methoxy groups -OCH3 is 1. The molecule has 0 atom stereocenters. The molecule has 0 aliphatic rings. The Hall–Kier alpha value is -2.53. The maximum Gasteiger partial charge on any atom is 0.195 e. The van der Waals surface area contributed by atoms with Gasteiger partial charge in [0, 0.05) is 11.1 Å². The predicted octanol–water partition coefficient (Wildman–Crippen LogP) is 3.79. The number of para-hydroxylation sites is 4. The number of benzene rings is 2. The zero-order chi connectivity index (χ0) is 15.5. The fourth-order valence-corrected chi connectivity index (χ4v) is 3.12. The van der Waals surface area contributed by atoms with Crippen molar-refractivity contribution in [2.24, 2.45) is 4.99 Å². The molecule has 1 heterocycles. The summed E-state index contributed by atoms with van der Waals surface area (Å²) >= 11 is 1.52. The molecule has 0 radical (unpaired) electrons. The van der Waals surface area contributed by atoms with Gasteiger partial charge >= 0.3 is 0 Å². The van der Waals surface area contributed by atoms with Gasteiger partial charge in [-0.2, -0.15) is 0 Å². The maximum absolute atomic E-state index is 9.92. The van der Waals surface area contributed by atoms with Gasteiger partial charge in [0.05, 0.1) is 12.8 Å². The monoisotopic (exact) mass is 312 g/mol. The number of aryl methyl sites for hydroxylation is 1. The van der Waals surface area contributed by atoms with Gasteiger partial charge in [0.25, 0.3) is 0 Å². The lowest BCUT2D eigenvalue weighted by Gasteiger charge is -2.11. The number of hydrogen-bond acceptors (Lipinski definition) is 4. The summed E-state index contributed by atoms with van der Waals surface area (Å²) in [5.74, 6) is 0.947. The second-order valence-electron chi connectivity index (χ2n) is 4.77. The number of hydrogen-bond donors (Lipinski definition) is 1. The van der Waals surface area contributed by atoms with Crippen molar-refractivity contribution in [3.8, 4) is 17.2 Å². The minimum absolute atomic E-state index is 0.167. The van der Waals surface area contributed by atoms with Crippen molar-refractivity contribution < 1.29 is 9.84 Å². The van der Waals surface area contributed by atoms with Crippen LogP contribution >= 0.6 is 11.3 Å². The summed E-state index contributed by atoms with van der Waals surface area (Å²) < 4.78 is 7.47. The highest BCUT2D eigenvalue weighted by Crippen LogP contribution is 2.26. The van der Waals surface area contributed by atoms with E-state index in [-0.39, 0.29) is 5.75 Å². The molecule has 4 nitrogen and oxygen atoms in total. The van der Waals surface area contributed by atoms with Crippen LogP contribution in [0.5, 0.6) is 11.5 Å². The van der Waals surface area contributed by atoms with Crippen LogP contribution in [-0.4, -0.2) is 16.8 Å². The van der Waals surface area contributed by atoms with Crippen molar-refractivity contribution in [1.82, 2.24) is 4.57 Å². The van der Waals surface area contributed by atoms with Gasteiger partial charge < -0.3 is 9.84 Å². The molecule has 0 spiro atoms. The number of thiazole rings is 1. The minimum Gasteiger partial charge on any atom is -0.506 e. The van der Waals surface area contributed by atoms with Gasteiger partial charge in [-0.15, -0.1) is 11.3 Å². The van der Waals surface area contributed by atoms with Crippen LogP contribution in [0.4, 0.5) is 5.69 Å². The molecule has 0 aliphatic carbocycles. The fourth-order valence-electron chi connectivity index (χ4n) is 2.24. The number of ether oxygens (including phenoxy) is 1. The summed E-state index contributed by atoms with van der Waals surface area (Å²) in [7, 11) is 1.65. The molecule has 2 aromatic carbocycles. The highest BCUT2D eigenvalue weighted by molar-refractivity contribution is 7.07. The quantitative estimate of drug-likeness (QED) is 0.799. The fraction of sp³-hybridized carbons (Fsp3) is 0.118. The number of aromatic hydroxyl groups is 1.